The van der Waals surface area contributed by atoms with Crippen LogP contribution in [0.5, 0.6) is 0 Å². The van der Waals surface area contributed by atoms with Crippen LogP contribution in [-0.2, 0) is 30.4 Å². The number of hydrogen-bond donors (Lipinski definition) is 7. The highest BCUT2D eigenvalue weighted by atomic mass is 16.4. The summed E-state index contributed by atoms with van der Waals surface area (Å²) in [5.41, 5.74) is 12.5. The van der Waals surface area contributed by atoms with E-state index < -0.39 is 66.1 Å². The van der Waals surface area contributed by atoms with Crippen molar-refractivity contribution in [3.63, 3.8) is 0 Å². The lowest BCUT2D eigenvalue weighted by atomic mass is 9.97. The smallest absolute Gasteiger partial charge is 0.326 e. The molecule has 0 spiro atoms. The third-order valence-corrected chi connectivity index (χ3v) is 6.51. The summed E-state index contributed by atoms with van der Waals surface area (Å²) >= 11 is 0. The Kier molecular flexibility index (Phi) is 10.8. The van der Waals surface area contributed by atoms with Gasteiger partial charge in [-0.05, 0) is 23.5 Å². The van der Waals surface area contributed by atoms with E-state index in [1.807, 2.05) is 31.2 Å². The van der Waals surface area contributed by atoms with E-state index >= 15 is 0 Å². The van der Waals surface area contributed by atoms with Crippen molar-refractivity contribution in [3.05, 3.63) is 36.0 Å². The molecule has 1 heterocycles. The highest BCUT2D eigenvalue weighted by Gasteiger charge is 2.33. The number of fused-ring (bicyclic) bond motifs is 1. The molecule has 12 nitrogen and oxygen atoms in total. The number of benzene rings is 1. The number of carboxylic acids is 1. The predicted molar refractivity (Wildman–Crippen MR) is 142 cm³/mol. The molecule has 5 atom stereocenters. The van der Waals surface area contributed by atoms with E-state index in [1.165, 1.54) is 0 Å². The summed E-state index contributed by atoms with van der Waals surface area (Å²) in [6.45, 7) is 6.94. The fourth-order valence-electron chi connectivity index (χ4n) is 4.03. The van der Waals surface area contributed by atoms with Gasteiger partial charge in [0, 0.05) is 23.5 Å². The van der Waals surface area contributed by atoms with Gasteiger partial charge in [-0.3, -0.25) is 19.2 Å². The van der Waals surface area contributed by atoms with Crippen molar-refractivity contribution in [2.75, 3.05) is 0 Å². The van der Waals surface area contributed by atoms with E-state index in [9.17, 15) is 29.1 Å². The van der Waals surface area contributed by atoms with Gasteiger partial charge in [0.05, 0.1) is 12.5 Å². The van der Waals surface area contributed by atoms with Gasteiger partial charge in [-0.25, -0.2) is 4.79 Å². The van der Waals surface area contributed by atoms with E-state index in [0.29, 0.717) is 6.42 Å². The zero-order valence-corrected chi connectivity index (χ0v) is 22.1. The van der Waals surface area contributed by atoms with Gasteiger partial charge in [0.1, 0.15) is 18.1 Å². The Labute approximate surface area is 221 Å². The van der Waals surface area contributed by atoms with Crippen LogP contribution in [0.3, 0.4) is 0 Å². The minimum Gasteiger partial charge on any atom is -0.480 e. The van der Waals surface area contributed by atoms with Crippen molar-refractivity contribution in [2.24, 2.45) is 23.3 Å². The van der Waals surface area contributed by atoms with Crippen LogP contribution in [0.25, 0.3) is 10.9 Å². The monoisotopic (exact) mass is 530 g/mol. The summed E-state index contributed by atoms with van der Waals surface area (Å²) in [7, 11) is 0. The highest BCUT2D eigenvalue weighted by molar-refractivity contribution is 5.95. The molecule has 0 aliphatic carbocycles. The van der Waals surface area contributed by atoms with Crippen LogP contribution in [0.15, 0.2) is 30.5 Å². The average molecular weight is 531 g/mol. The molecule has 0 radical (unpaired) electrons. The summed E-state index contributed by atoms with van der Waals surface area (Å²) in [5.74, 6) is -4.74. The first-order chi connectivity index (χ1) is 17.8. The minimum atomic E-state index is -1.26. The van der Waals surface area contributed by atoms with Gasteiger partial charge >= 0.3 is 5.97 Å². The lowest BCUT2D eigenvalue weighted by Gasteiger charge is -2.28. The number of para-hydroxylation sites is 1. The lowest BCUT2D eigenvalue weighted by Crippen LogP contribution is -2.59. The van der Waals surface area contributed by atoms with E-state index in [-0.39, 0.29) is 12.3 Å². The van der Waals surface area contributed by atoms with Crippen molar-refractivity contribution in [1.29, 1.82) is 0 Å². The van der Waals surface area contributed by atoms with Gasteiger partial charge in [0.2, 0.25) is 23.6 Å². The van der Waals surface area contributed by atoms with Gasteiger partial charge in [-0.15, -0.1) is 0 Å². The standard InChI is InChI=1S/C26H38N6O6/c1-5-14(4)22(26(37)38)32-25(36)21(13(2)3)31-24(35)19(30-23(34)17(27)11-20(28)33)10-15-12-29-18-9-7-6-8-16(15)18/h6-9,12-14,17,19,21-22,29H,5,10-11,27H2,1-4H3,(H2,28,33)(H,30,34)(H,31,35)(H,32,36)(H,37,38). The summed E-state index contributed by atoms with van der Waals surface area (Å²) < 4.78 is 0. The second kappa shape index (κ2) is 13.6. The third-order valence-electron chi connectivity index (χ3n) is 6.51. The number of H-pyrrole nitrogens is 1. The highest BCUT2D eigenvalue weighted by Crippen LogP contribution is 2.19. The maximum absolute atomic E-state index is 13.5. The van der Waals surface area contributed by atoms with Crippen molar-refractivity contribution in [1.82, 2.24) is 20.9 Å². The Morgan fingerprint density at radius 1 is 0.947 bits per heavy atom. The molecule has 0 saturated heterocycles. The molecular formula is C26H38N6O6. The zero-order chi connectivity index (χ0) is 28.6. The average Bonchev–Trinajstić information content (AvgIpc) is 3.26. The lowest BCUT2D eigenvalue weighted by molar-refractivity contribution is -0.144. The van der Waals surface area contributed by atoms with Crippen LogP contribution < -0.4 is 27.4 Å². The molecule has 0 bridgehead atoms. The van der Waals surface area contributed by atoms with Gasteiger partial charge in [-0.1, -0.05) is 52.3 Å². The van der Waals surface area contributed by atoms with Gasteiger partial charge < -0.3 is 37.5 Å². The van der Waals surface area contributed by atoms with Crippen LogP contribution in [0.4, 0.5) is 0 Å². The Bertz CT molecular complexity index is 1160. The summed E-state index contributed by atoms with van der Waals surface area (Å²) in [4.78, 5) is 65.3. The van der Waals surface area contributed by atoms with Crippen LogP contribution in [0.1, 0.15) is 46.1 Å². The number of aliphatic carboxylic acids is 1. The number of aromatic amines is 1. The van der Waals surface area contributed by atoms with Gasteiger partial charge in [0.15, 0.2) is 0 Å². The number of nitrogens with one attached hydrogen (secondary N) is 4. The first-order valence-corrected chi connectivity index (χ1v) is 12.6. The van der Waals surface area contributed by atoms with E-state index in [2.05, 4.69) is 20.9 Å². The topological polar surface area (TPSA) is 210 Å². The maximum atomic E-state index is 13.5. The Morgan fingerprint density at radius 3 is 2.16 bits per heavy atom. The first kappa shape index (κ1) is 30.3. The molecule has 2 aromatic rings. The molecule has 2 rings (SSSR count). The van der Waals surface area contributed by atoms with Crippen molar-refractivity contribution < 1.29 is 29.1 Å². The number of rotatable bonds is 14. The molecule has 0 aliphatic rings. The summed E-state index contributed by atoms with van der Waals surface area (Å²) in [6, 6.07) is 2.81. The first-order valence-electron chi connectivity index (χ1n) is 12.6. The molecule has 5 unspecified atom stereocenters. The molecule has 38 heavy (non-hydrogen) atoms. The number of nitrogens with two attached hydrogens (primary N) is 2. The fraction of sp³-hybridized carbons (Fsp3) is 0.500. The molecular weight excluding hydrogens is 492 g/mol. The number of carbonyl (C=O) groups is 5. The number of hydrogen-bond acceptors (Lipinski definition) is 6. The predicted octanol–water partition coefficient (Wildman–Crippen LogP) is 0.154. The molecule has 0 fully saturated rings. The quantitative estimate of drug-likeness (QED) is 0.180. The molecule has 4 amide bonds. The summed E-state index contributed by atoms with van der Waals surface area (Å²) in [5, 5.41) is 18.2. The Hall–Kier alpha value is -3.93. The second-order valence-electron chi connectivity index (χ2n) is 9.84. The number of carbonyl (C=O) groups excluding carboxylic acids is 4. The van der Waals surface area contributed by atoms with Crippen LogP contribution in [0.2, 0.25) is 0 Å². The Balaban J connectivity index is 2.30. The largest absolute Gasteiger partial charge is 0.480 e. The van der Waals surface area contributed by atoms with Crippen molar-refractivity contribution in [3.8, 4) is 0 Å². The molecule has 12 heteroatoms. The van der Waals surface area contributed by atoms with Crippen LogP contribution in [0, 0.1) is 11.8 Å². The van der Waals surface area contributed by atoms with Crippen LogP contribution >= 0.6 is 0 Å². The molecule has 208 valence electrons. The second-order valence-corrected chi connectivity index (χ2v) is 9.84. The van der Waals surface area contributed by atoms with Crippen LogP contribution in [-0.4, -0.2) is 63.9 Å². The Morgan fingerprint density at radius 2 is 1.58 bits per heavy atom. The normalized spacial score (nSPS) is 15.2. The molecule has 9 N–H and O–H groups in total. The minimum absolute atomic E-state index is 0.0575. The van der Waals surface area contributed by atoms with E-state index in [1.54, 1.807) is 27.0 Å². The van der Waals surface area contributed by atoms with E-state index in [0.717, 1.165) is 16.5 Å². The SMILES string of the molecule is CCC(C)C(NC(=O)C(NC(=O)C(Cc1c[nH]c2ccccc12)NC(=O)C(N)CC(N)=O)C(C)C)C(=O)O. The number of primary amides is 1. The number of amides is 4. The molecule has 1 aromatic carbocycles. The van der Waals surface area contributed by atoms with Gasteiger partial charge in [-0.2, -0.15) is 0 Å². The van der Waals surface area contributed by atoms with E-state index in [4.69, 9.17) is 11.5 Å². The number of carboxylic acid groups (broad SMARTS) is 1. The third kappa shape index (κ3) is 8.04. The molecule has 1 aromatic heterocycles. The van der Waals surface area contributed by atoms with Crippen molar-refractivity contribution >= 4 is 40.5 Å². The summed E-state index contributed by atoms with van der Waals surface area (Å²) in [6.07, 6.45) is 1.90. The zero-order valence-electron chi connectivity index (χ0n) is 22.1. The number of aromatic nitrogens is 1. The maximum Gasteiger partial charge on any atom is 0.326 e. The molecule has 0 aliphatic heterocycles. The van der Waals surface area contributed by atoms with Gasteiger partial charge in [0.25, 0.3) is 0 Å². The van der Waals surface area contributed by atoms with Crippen molar-refractivity contribution in [2.45, 2.75) is 71.1 Å². The fourth-order valence-corrected chi connectivity index (χ4v) is 4.03. The molecule has 0 saturated carbocycles.